The molecule has 4 unspecified atom stereocenters. The summed E-state index contributed by atoms with van der Waals surface area (Å²) >= 11 is 0. The molecule has 2 saturated heterocycles. The number of benzene rings is 1. The summed E-state index contributed by atoms with van der Waals surface area (Å²) in [6.07, 6.45) is 0.588. The Morgan fingerprint density at radius 2 is 1.62 bits per heavy atom. The van der Waals surface area contributed by atoms with Crippen molar-refractivity contribution in [1.82, 2.24) is 0 Å². The Balaban J connectivity index is 1.83. The molecular weight excluding hydrogens is 312 g/mol. The van der Waals surface area contributed by atoms with Crippen LogP contribution in [0.1, 0.15) is 35.8 Å². The maximum Gasteiger partial charge on any atom is 0.321 e. The Bertz CT molecular complexity index is 856. The first kappa shape index (κ1) is 14.6. The van der Waals surface area contributed by atoms with Crippen LogP contribution in [0.15, 0.2) is 35.8 Å². The lowest BCUT2D eigenvalue weighted by Crippen LogP contribution is -2.29. The molecule has 6 nitrogen and oxygen atoms in total. The minimum Gasteiger partial charge on any atom is -0.443 e. The van der Waals surface area contributed by atoms with Gasteiger partial charge in [-0.05, 0) is 23.5 Å². The first-order valence-corrected chi connectivity index (χ1v) is 7.65. The smallest absolute Gasteiger partial charge is 0.321 e. The molecule has 6 heteroatoms. The van der Waals surface area contributed by atoms with Gasteiger partial charge in [-0.15, -0.1) is 0 Å². The topological polar surface area (TPSA) is 86.7 Å². The van der Waals surface area contributed by atoms with Crippen LogP contribution in [0.3, 0.4) is 0 Å². The van der Waals surface area contributed by atoms with Crippen LogP contribution in [0.4, 0.5) is 0 Å². The standard InChI is InChI=1S/C18H12O6/c19-7-9-5-13(15(8-20)23-9)12-6-14-16(18(22)24-17(14)21)11-4-2-1-3-10(11)12/h1-4,12-14,16H,5-6H2. The Morgan fingerprint density at radius 1 is 0.875 bits per heavy atom. The van der Waals surface area contributed by atoms with E-state index in [0.717, 1.165) is 11.1 Å². The minimum absolute atomic E-state index is 0.0456. The third-order valence-electron chi connectivity index (χ3n) is 5.07. The number of hydrogen-bond acceptors (Lipinski definition) is 6. The number of carbonyl (C=O) groups is 2. The van der Waals surface area contributed by atoms with Gasteiger partial charge in [-0.25, -0.2) is 9.59 Å². The van der Waals surface area contributed by atoms with Crippen LogP contribution in [0, 0.1) is 11.8 Å². The monoisotopic (exact) mass is 324 g/mol. The highest BCUT2D eigenvalue weighted by molar-refractivity contribution is 6.00. The lowest BCUT2D eigenvalue weighted by molar-refractivity contribution is -0.153. The van der Waals surface area contributed by atoms with Gasteiger partial charge < -0.3 is 9.47 Å². The zero-order valence-electron chi connectivity index (χ0n) is 12.5. The Hall–Kier alpha value is -2.94. The molecule has 0 bridgehead atoms. The zero-order valence-corrected chi connectivity index (χ0v) is 12.5. The van der Waals surface area contributed by atoms with Crippen LogP contribution in [0.5, 0.6) is 0 Å². The lowest BCUT2D eigenvalue weighted by atomic mass is 9.66. The fourth-order valence-electron chi connectivity index (χ4n) is 4.05. The van der Waals surface area contributed by atoms with E-state index in [9.17, 15) is 19.2 Å². The third-order valence-corrected chi connectivity index (χ3v) is 5.07. The number of cyclic esters (lactones) is 2. The van der Waals surface area contributed by atoms with E-state index in [1.807, 2.05) is 12.1 Å². The molecule has 0 radical (unpaired) electrons. The Morgan fingerprint density at radius 3 is 2.33 bits per heavy atom. The normalized spacial score (nSPS) is 30.8. The van der Waals surface area contributed by atoms with Crippen molar-refractivity contribution < 1.29 is 28.7 Å². The summed E-state index contributed by atoms with van der Waals surface area (Å²) in [6.45, 7) is 0. The molecule has 1 aromatic carbocycles. The fourth-order valence-corrected chi connectivity index (χ4v) is 4.05. The van der Waals surface area contributed by atoms with Crippen molar-refractivity contribution in [2.45, 2.75) is 24.7 Å². The average molecular weight is 324 g/mol. The van der Waals surface area contributed by atoms with Crippen molar-refractivity contribution in [1.29, 1.82) is 0 Å². The van der Waals surface area contributed by atoms with E-state index in [1.54, 1.807) is 24.0 Å². The summed E-state index contributed by atoms with van der Waals surface area (Å²) in [5.74, 6) is 0.663. The van der Waals surface area contributed by atoms with E-state index in [0.29, 0.717) is 6.42 Å². The van der Waals surface area contributed by atoms with Gasteiger partial charge in [0, 0.05) is 12.3 Å². The predicted molar refractivity (Wildman–Crippen MR) is 78.7 cm³/mol. The van der Waals surface area contributed by atoms with Gasteiger partial charge in [-0.1, -0.05) is 24.3 Å². The quantitative estimate of drug-likeness (QED) is 0.441. The van der Waals surface area contributed by atoms with Gasteiger partial charge >= 0.3 is 11.9 Å². The number of esters is 2. The van der Waals surface area contributed by atoms with Crippen molar-refractivity contribution in [3.05, 3.63) is 46.9 Å². The maximum absolute atomic E-state index is 12.0. The second-order valence-electron chi connectivity index (χ2n) is 6.20. The molecule has 4 rings (SSSR count). The van der Waals surface area contributed by atoms with Gasteiger partial charge in [-0.2, -0.15) is 0 Å². The summed E-state index contributed by atoms with van der Waals surface area (Å²) in [4.78, 5) is 46.1. The molecule has 2 aliphatic heterocycles. The highest BCUT2D eigenvalue weighted by Gasteiger charge is 2.52. The first-order chi connectivity index (χ1) is 11.6. The maximum atomic E-state index is 12.0. The molecular formula is C18H12O6. The molecule has 0 spiro atoms. The summed E-state index contributed by atoms with van der Waals surface area (Å²) in [7, 11) is 0. The minimum atomic E-state index is -0.600. The molecule has 4 atom stereocenters. The molecule has 1 aliphatic carbocycles. The number of carbonyl (C=O) groups excluding carboxylic acids is 4. The molecule has 0 amide bonds. The van der Waals surface area contributed by atoms with E-state index in [1.165, 1.54) is 0 Å². The van der Waals surface area contributed by atoms with Crippen molar-refractivity contribution in [2.24, 2.45) is 11.8 Å². The molecule has 2 heterocycles. The van der Waals surface area contributed by atoms with Crippen LogP contribution in [-0.2, 0) is 28.7 Å². The lowest BCUT2D eigenvalue weighted by Gasteiger charge is -2.33. The van der Waals surface area contributed by atoms with Crippen molar-refractivity contribution in [2.75, 3.05) is 0 Å². The van der Waals surface area contributed by atoms with E-state index >= 15 is 0 Å². The summed E-state index contributed by atoms with van der Waals surface area (Å²) < 4.78 is 10.0. The second kappa shape index (κ2) is 5.31. The molecule has 3 aliphatic rings. The SMILES string of the molecule is O=C=C1CC(C2CC3C(=O)OC(=O)C3c3ccccc32)C(=C=O)O1. The Kier molecular flexibility index (Phi) is 3.24. The highest BCUT2D eigenvalue weighted by Crippen LogP contribution is 2.52. The van der Waals surface area contributed by atoms with Gasteiger partial charge in [-0.3, -0.25) is 9.59 Å². The van der Waals surface area contributed by atoms with E-state index < -0.39 is 29.7 Å². The summed E-state index contributed by atoms with van der Waals surface area (Å²) in [5, 5.41) is 0. The average Bonchev–Trinajstić information content (AvgIpc) is 3.15. The molecule has 0 aromatic heterocycles. The molecule has 2 fully saturated rings. The molecule has 24 heavy (non-hydrogen) atoms. The zero-order chi connectivity index (χ0) is 16.8. The molecule has 120 valence electrons. The predicted octanol–water partition coefficient (Wildman–Crippen LogP) is 1.42. The molecule has 1 aromatic rings. The number of ether oxygens (including phenoxy) is 2. The summed E-state index contributed by atoms with van der Waals surface area (Å²) in [6, 6.07) is 7.31. The van der Waals surface area contributed by atoms with Gasteiger partial charge in [0.1, 0.15) is 0 Å². The largest absolute Gasteiger partial charge is 0.443 e. The Labute approximate surface area is 136 Å². The van der Waals surface area contributed by atoms with Crippen LogP contribution >= 0.6 is 0 Å². The van der Waals surface area contributed by atoms with Gasteiger partial charge in [0.25, 0.3) is 0 Å². The first-order valence-electron chi connectivity index (χ1n) is 7.65. The number of rotatable bonds is 1. The number of fused-ring (bicyclic) bond motifs is 3. The van der Waals surface area contributed by atoms with Crippen molar-refractivity contribution in [3.8, 4) is 0 Å². The van der Waals surface area contributed by atoms with Crippen LogP contribution in [0.2, 0.25) is 0 Å². The number of allylic oxidation sites excluding steroid dienone is 2. The van der Waals surface area contributed by atoms with Gasteiger partial charge in [0.05, 0.1) is 11.8 Å². The van der Waals surface area contributed by atoms with Crippen LogP contribution < -0.4 is 0 Å². The van der Waals surface area contributed by atoms with Gasteiger partial charge in [0.2, 0.25) is 0 Å². The highest BCUT2D eigenvalue weighted by atomic mass is 16.6. The summed E-state index contributed by atoms with van der Waals surface area (Å²) in [5.41, 5.74) is 1.61. The van der Waals surface area contributed by atoms with E-state index in [4.69, 9.17) is 9.47 Å². The molecule has 0 saturated carbocycles. The molecule has 0 N–H and O–H groups in total. The van der Waals surface area contributed by atoms with Gasteiger partial charge in [0.15, 0.2) is 23.4 Å². The third kappa shape index (κ3) is 1.98. The van der Waals surface area contributed by atoms with Crippen molar-refractivity contribution >= 4 is 23.8 Å². The van der Waals surface area contributed by atoms with E-state index in [-0.39, 0.29) is 23.9 Å². The number of hydrogen-bond donors (Lipinski definition) is 0. The van der Waals surface area contributed by atoms with Crippen LogP contribution in [0.25, 0.3) is 0 Å². The second-order valence-corrected chi connectivity index (χ2v) is 6.20. The fraction of sp³-hybridized carbons (Fsp3) is 0.333. The van der Waals surface area contributed by atoms with Crippen LogP contribution in [-0.4, -0.2) is 23.8 Å². The van der Waals surface area contributed by atoms with Crippen molar-refractivity contribution in [3.63, 3.8) is 0 Å². The van der Waals surface area contributed by atoms with E-state index in [2.05, 4.69) is 0 Å².